The molecule has 0 aliphatic carbocycles. The Bertz CT molecular complexity index is 97.9. The van der Waals surface area contributed by atoms with Crippen molar-refractivity contribution in [3.63, 3.8) is 0 Å². The van der Waals surface area contributed by atoms with E-state index in [2.05, 4.69) is 6.58 Å². The Labute approximate surface area is 74.3 Å². The zero-order valence-electron chi connectivity index (χ0n) is 7.91. The molecule has 3 nitrogen and oxygen atoms in total. The van der Waals surface area contributed by atoms with Crippen LogP contribution >= 0.6 is 0 Å². The molecule has 1 fully saturated rings. The highest BCUT2D eigenvalue weighted by molar-refractivity contribution is 4.68. The molecule has 0 spiro atoms. The lowest BCUT2D eigenvalue weighted by molar-refractivity contribution is 0.162. The summed E-state index contributed by atoms with van der Waals surface area (Å²) < 4.78 is 14.5. The van der Waals surface area contributed by atoms with Crippen LogP contribution in [0.25, 0.3) is 0 Å². The maximum atomic E-state index is 4.84. The first kappa shape index (κ1) is 11.5. The van der Waals surface area contributed by atoms with Gasteiger partial charge in [-0.05, 0) is 13.8 Å². The van der Waals surface area contributed by atoms with Crippen LogP contribution < -0.4 is 0 Å². The van der Waals surface area contributed by atoms with E-state index in [1.54, 1.807) is 0 Å². The molecule has 0 radical (unpaired) electrons. The van der Waals surface area contributed by atoms with Crippen LogP contribution in [0.5, 0.6) is 0 Å². The quantitative estimate of drug-likeness (QED) is 0.468. The summed E-state index contributed by atoms with van der Waals surface area (Å²) in [6, 6.07) is 0. The van der Waals surface area contributed by atoms with Crippen molar-refractivity contribution < 1.29 is 14.2 Å². The SMILES string of the molecule is C=COCC1CO1.CCOCC. The molecule has 0 saturated carbocycles. The second-order valence-electron chi connectivity index (χ2n) is 2.24. The van der Waals surface area contributed by atoms with E-state index in [-0.39, 0.29) is 0 Å². The Morgan fingerprint density at radius 3 is 2.33 bits per heavy atom. The summed E-state index contributed by atoms with van der Waals surface area (Å²) in [6.45, 7) is 10.6. The lowest BCUT2D eigenvalue weighted by atomic mass is 10.5. The maximum absolute atomic E-state index is 4.84. The zero-order chi connectivity index (χ0) is 9.23. The first-order chi connectivity index (χ1) is 5.85. The van der Waals surface area contributed by atoms with Gasteiger partial charge in [0.2, 0.25) is 0 Å². The Hall–Kier alpha value is -0.540. The van der Waals surface area contributed by atoms with E-state index >= 15 is 0 Å². The van der Waals surface area contributed by atoms with Gasteiger partial charge in [-0.15, -0.1) is 0 Å². The van der Waals surface area contributed by atoms with Crippen LogP contribution in [0.4, 0.5) is 0 Å². The average Bonchev–Trinajstić information content (AvgIpc) is 2.87. The Balaban J connectivity index is 0.000000217. The molecule has 0 aromatic heterocycles. The highest BCUT2D eigenvalue weighted by atomic mass is 16.6. The zero-order valence-corrected chi connectivity index (χ0v) is 7.91. The van der Waals surface area contributed by atoms with Crippen LogP contribution in [0.15, 0.2) is 12.8 Å². The normalized spacial score (nSPS) is 19.0. The molecule has 1 saturated heterocycles. The largest absolute Gasteiger partial charge is 0.499 e. The lowest BCUT2D eigenvalue weighted by Crippen LogP contribution is -1.94. The maximum Gasteiger partial charge on any atom is 0.116 e. The summed E-state index contributed by atoms with van der Waals surface area (Å²) in [5.41, 5.74) is 0. The molecule has 1 aliphatic heterocycles. The average molecular weight is 174 g/mol. The van der Waals surface area contributed by atoms with Crippen molar-refractivity contribution in [2.24, 2.45) is 0 Å². The Morgan fingerprint density at radius 1 is 1.50 bits per heavy atom. The third kappa shape index (κ3) is 9.46. The molecular formula is C9H18O3. The first-order valence-corrected chi connectivity index (χ1v) is 4.27. The van der Waals surface area contributed by atoms with Crippen LogP contribution in [-0.4, -0.2) is 32.5 Å². The fourth-order valence-electron chi connectivity index (χ4n) is 0.544. The fraction of sp³-hybridized carbons (Fsp3) is 0.778. The van der Waals surface area contributed by atoms with E-state index < -0.39 is 0 Å². The molecule has 12 heavy (non-hydrogen) atoms. The van der Waals surface area contributed by atoms with Gasteiger partial charge >= 0.3 is 0 Å². The molecular weight excluding hydrogens is 156 g/mol. The van der Waals surface area contributed by atoms with Crippen LogP contribution in [-0.2, 0) is 14.2 Å². The van der Waals surface area contributed by atoms with Crippen molar-refractivity contribution in [2.75, 3.05) is 26.4 Å². The smallest absolute Gasteiger partial charge is 0.116 e. The topological polar surface area (TPSA) is 31.0 Å². The molecule has 0 bridgehead atoms. The van der Waals surface area contributed by atoms with Gasteiger partial charge < -0.3 is 14.2 Å². The van der Waals surface area contributed by atoms with Crippen molar-refractivity contribution in [1.29, 1.82) is 0 Å². The summed E-state index contributed by atoms with van der Waals surface area (Å²) in [5.74, 6) is 0. The molecule has 1 rings (SSSR count). The summed E-state index contributed by atoms with van der Waals surface area (Å²) in [5, 5.41) is 0. The van der Waals surface area contributed by atoms with E-state index in [1.807, 2.05) is 13.8 Å². The fourth-order valence-corrected chi connectivity index (χ4v) is 0.544. The van der Waals surface area contributed by atoms with Gasteiger partial charge in [0.15, 0.2) is 0 Å². The minimum Gasteiger partial charge on any atom is -0.499 e. The second kappa shape index (κ2) is 8.56. The summed E-state index contributed by atoms with van der Waals surface area (Å²) in [7, 11) is 0. The van der Waals surface area contributed by atoms with Crippen LogP contribution in [0.1, 0.15) is 13.8 Å². The molecule has 0 aromatic rings. The number of hydrogen-bond donors (Lipinski definition) is 0. The second-order valence-corrected chi connectivity index (χ2v) is 2.24. The van der Waals surface area contributed by atoms with Crippen LogP contribution in [0.2, 0.25) is 0 Å². The predicted molar refractivity (Wildman–Crippen MR) is 48.1 cm³/mol. The van der Waals surface area contributed by atoms with Gasteiger partial charge in [-0.25, -0.2) is 0 Å². The molecule has 0 amide bonds. The van der Waals surface area contributed by atoms with E-state index in [0.717, 1.165) is 19.8 Å². The van der Waals surface area contributed by atoms with Gasteiger partial charge in [0.1, 0.15) is 12.7 Å². The third-order valence-electron chi connectivity index (χ3n) is 1.21. The lowest BCUT2D eigenvalue weighted by Gasteiger charge is -1.90. The molecule has 1 atom stereocenters. The molecule has 1 unspecified atom stereocenters. The van der Waals surface area contributed by atoms with Gasteiger partial charge in [0, 0.05) is 13.2 Å². The number of epoxide rings is 1. The minimum atomic E-state index is 0.359. The van der Waals surface area contributed by atoms with E-state index in [0.29, 0.717) is 12.7 Å². The monoisotopic (exact) mass is 174 g/mol. The van der Waals surface area contributed by atoms with E-state index in [9.17, 15) is 0 Å². The molecule has 72 valence electrons. The minimum absolute atomic E-state index is 0.359. The standard InChI is InChI=1S/C5H8O2.C4H10O/c1-2-6-3-5-4-7-5;1-3-5-4-2/h2,5H,1,3-4H2;3-4H2,1-2H3. The van der Waals surface area contributed by atoms with Crippen LogP contribution in [0, 0.1) is 0 Å². The van der Waals surface area contributed by atoms with E-state index in [4.69, 9.17) is 14.2 Å². The molecule has 0 aromatic carbocycles. The molecule has 0 N–H and O–H groups in total. The van der Waals surface area contributed by atoms with Gasteiger partial charge in [-0.3, -0.25) is 0 Å². The molecule has 3 heteroatoms. The Morgan fingerprint density at radius 2 is 2.08 bits per heavy atom. The highest BCUT2D eigenvalue weighted by Crippen LogP contribution is 2.07. The number of hydrogen-bond acceptors (Lipinski definition) is 3. The summed E-state index contributed by atoms with van der Waals surface area (Å²) in [4.78, 5) is 0. The Kier molecular flexibility index (Phi) is 8.17. The van der Waals surface area contributed by atoms with Crippen molar-refractivity contribution in [3.8, 4) is 0 Å². The van der Waals surface area contributed by atoms with Crippen molar-refractivity contribution in [1.82, 2.24) is 0 Å². The van der Waals surface area contributed by atoms with Gasteiger partial charge in [0.05, 0.1) is 12.9 Å². The molecule has 1 aliphatic rings. The van der Waals surface area contributed by atoms with Crippen molar-refractivity contribution >= 4 is 0 Å². The number of ether oxygens (including phenoxy) is 3. The van der Waals surface area contributed by atoms with E-state index in [1.165, 1.54) is 6.26 Å². The van der Waals surface area contributed by atoms with Crippen LogP contribution in [0.3, 0.4) is 0 Å². The predicted octanol–water partition coefficient (Wildman–Crippen LogP) is 1.59. The van der Waals surface area contributed by atoms with Crippen molar-refractivity contribution in [2.45, 2.75) is 20.0 Å². The summed E-state index contributed by atoms with van der Waals surface area (Å²) in [6.07, 6.45) is 1.79. The highest BCUT2D eigenvalue weighted by Gasteiger charge is 2.21. The molecule has 1 heterocycles. The first-order valence-electron chi connectivity index (χ1n) is 4.27. The van der Waals surface area contributed by atoms with Gasteiger partial charge in [0.25, 0.3) is 0 Å². The summed E-state index contributed by atoms with van der Waals surface area (Å²) >= 11 is 0. The number of rotatable bonds is 5. The van der Waals surface area contributed by atoms with Crippen molar-refractivity contribution in [3.05, 3.63) is 12.8 Å². The van der Waals surface area contributed by atoms with Gasteiger partial charge in [-0.1, -0.05) is 6.58 Å². The van der Waals surface area contributed by atoms with Gasteiger partial charge in [-0.2, -0.15) is 0 Å². The third-order valence-corrected chi connectivity index (χ3v) is 1.21.